The lowest BCUT2D eigenvalue weighted by atomic mass is 10.2. The number of aromatic nitrogens is 2. The molecule has 1 fully saturated rings. The van der Waals surface area contributed by atoms with Gasteiger partial charge in [0.15, 0.2) is 5.82 Å². The van der Waals surface area contributed by atoms with Crippen LogP contribution in [0.1, 0.15) is 12.8 Å². The molecule has 0 radical (unpaired) electrons. The number of anilines is 2. The minimum Gasteiger partial charge on any atom is -0.367 e. The Kier molecular flexibility index (Phi) is 4.14. The van der Waals surface area contributed by atoms with Crippen molar-refractivity contribution in [3.63, 3.8) is 0 Å². The van der Waals surface area contributed by atoms with Crippen molar-refractivity contribution in [3.8, 4) is 0 Å². The predicted molar refractivity (Wildman–Crippen MR) is 71.7 cm³/mol. The quantitative estimate of drug-likeness (QED) is 0.569. The van der Waals surface area contributed by atoms with Gasteiger partial charge >= 0.3 is 0 Å². The molecule has 4 N–H and O–H groups in total. The zero-order valence-electron chi connectivity index (χ0n) is 9.78. The molecule has 1 aliphatic rings. The third-order valence-electron chi connectivity index (χ3n) is 3.10. The van der Waals surface area contributed by atoms with Gasteiger partial charge in [0, 0.05) is 12.6 Å². The molecule has 0 saturated carbocycles. The number of nitrogens with one attached hydrogen (secondary N) is 2. The molecule has 0 spiro atoms. The van der Waals surface area contributed by atoms with E-state index in [1.165, 1.54) is 25.7 Å². The first-order valence-corrected chi connectivity index (χ1v) is 6.43. The van der Waals surface area contributed by atoms with E-state index in [-0.39, 0.29) is 0 Å². The molecule has 0 amide bonds. The minimum atomic E-state index is 0.575. The number of nitrogens with zero attached hydrogens (tertiary/aromatic N) is 3. The van der Waals surface area contributed by atoms with Crippen LogP contribution >= 0.6 is 15.9 Å². The van der Waals surface area contributed by atoms with Crippen molar-refractivity contribution in [1.29, 1.82) is 0 Å². The third-order valence-corrected chi connectivity index (χ3v) is 3.85. The highest BCUT2D eigenvalue weighted by atomic mass is 79.9. The Balaban J connectivity index is 1.99. The first-order chi connectivity index (χ1) is 8.22. The average Bonchev–Trinajstić information content (AvgIpc) is 2.74. The second-order valence-electron chi connectivity index (χ2n) is 4.19. The van der Waals surface area contributed by atoms with Gasteiger partial charge in [0.05, 0.1) is 0 Å². The molecule has 0 aromatic carbocycles. The molecule has 2 heterocycles. The van der Waals surface area contributed by atoms with Gasteiger partial charge < -0.3 is 15.6 Å². The highest BCUT2D eigenvalue weighted by Gasteiger charge is 2.20. The average molecular weight is 301 g/mol. The van der Waals surface area contributed by atoms with E-state index in [0.29, 0.717) is 11.9 Å². The normalized spacial score (nSPS) is 20.5. The van der Waals surface area contributed by atoms with E-state index < -0.39 is 0 Å². The largest absolute Gasteiger partial charge is 0.367 e. The number of halogens is 1. The van der Waals surface area contributed by atoms with Crippen LogP contribution < -0.4 is 16.6 Å². The predicted octanol–water partition coefficient (Wildman–Crippen LogP) is 1.03. The molecule has 17 heavy (non-hydrogen) atoms. The first-order valence-electron chi connectivity index (χ1n) is 5.63. The topological polar surface area (TPSA) is 79.1 Å². The van der Waals surface area contributed by atoms with Crippen molar-refractivity contribution in [2.24, 2.45) is 5.84 Å². The monoisotopic (exact) mass is 300 g/mol. The standard InChI is InChI=1S/C10H17BrN6/c1-17-4-2-3-7(17)5-13-9-8(11)10(16-12)15-6-14-9/h6-7H,2-5,12H2,1H3,(H2,13,14,15,16). The fourth-order valence-corrected chi connectivity index (χ4v) is 2.50. The third kappa shape index (κ3) is 2.85. The number of likely N-dealkylation sites (N-methyl/N-ethyl adjacent to an activating group) is 1. The smallest absolute Gasteiger partial charge is 0.159 e. The second-order valence-corrected chi connectivity index (χ2v) is 4.98. The lowest BCUT2D eigenvalue weighted by Crippen LogP contribution is -2.31. The van der Waals surface area contributed by atoms with Gasteiger partial charge in [-0.25, -0.2) is 15.8 Å². The van der Waals surface area contributed by atoms with E-state index in [9.17, 15) is 0 Å². The van der Waals surface area contributed by atoms with E-state index in [0.717, 1.165) is 16.8 Å². The summed E-state index contributed by atoms with van der Waals surface area (Å²) in [4.78, 5) is 10.6. The molecule has 7 heteroatoms. The molecule has 1 atom stereocenters. The SMILES string of the molecule is CN1CCCC1CNc1ncnc(NN)c1Br. The van der Waals surface area contributed by atoms with E-state index in [1.807, 2.05) is 0 Å². The van der Waals surface area contributed by atoms with E-state index in [2.05, 4.69) is 48.6 Å². The maximum absolute atomic E-state index is 5.35. The summed E-state index contributed by atoms with van der Waals surface area (Å²) in [5.74, 6) is 6.71. The summed E-state index contributed by atoms with van der Waals surface area (Å²) in [7, 11) is 2.15. The summed E-state index contributed by atoms with van der Waals surface area (Å²) >= 11 is 3.42. The van der Waals surface area contributed by atoms with Crippen LogP contribution in [-0.2, 0) is 0 Å². The molecular formula is C10H17BrN6. The van der Waals surface area contributed by atoms with Crippen LogP contribution in [0.5, 0.6) is 0 Å². The van der Waals surface area contributed by atoms with Gasteiger partial charge in [0.2, 0.25) is 0 Å². The maximum atomic E-state index is 5.35. The van der Waals surface area contributed by atoms with Gasteiger partial charge in [-0.3, -0.25) is 0 Å². The zero-order valence-corrected chi connectivity index (χ0v) is 11.4. The Labute approximate surface area is 109 Å². The molecule has 6 nitrogen and oxygen atoms in total. The van der Waals surface area contributed by atoms with Crippen LogP contribution in [0.4, 0.5) is 11.6 Å². The van der Waals surface area contributed by atoms with Gasteiger partial charge in [-0.1, -0.05) is 0 Å². The molecule has 0 aliphatic carbocycles. The fourth-order valence-electron chi connectivity index (χ4n) is 2.05. The zero-order chi connectivity index (χ0) is 12.3. The Morgan fingerprint density at radius 3 is 2.94 bits per heavy atom. The Morgan fingerprint density at radius 1 is 1.53 bits per heavy atom. The Bertz CT molecular complexity index is 385. The van der Waals surface area contributed by atoms with Crippen molar-refractivity contribution in [1.82, 2.24) is 14.9 Å². The highest BCUT2D eigenvalue weighted by molar-refractivity contribution is 9.10. The number of nitrogen functional groups attached to an aromatic ring is 1. The number of hydrogen-bond acceptors (Lipinski definition) is 6. The molecule has 1 unspecified atom stereocenters. The van der Waals surface area contributed by atoms with Crippen LogP contribution in [0.3, 0.4) is 0 Å². The molecule has 94 valence electrons. The van der Waals surface area contributed by atoms with E-state index >= 15 is 0 Å². The van der Waals surface area contributed by atoms with E-state index in [4.69, 9.17) is 5.84 Å². The van der Waals surface area contributed by atoms with Crippen molar-refractivity contribution in [2.45, 2.75) is 18.9 Å². The second kappa shape index (κ2) is 5.61. The first kappa shape index (κ1) is 12.5. The Hall–Kier alpha value is -0.920. The van der Waals surface area contributed by atoms with Gasteiger partial charge in [-0.15, -0.1) is 0 Å². The molecule has 1 aliphatic heterocycles. The number of rotatable bonds is 4. The summed E-state index contributed by atoms with van der Waals surface area (Å²) < 4.78 is 0.767. The summed E-state index contributed by atoms with van der Waals surface area (Å²) in [5.41, 5.74) is 2.52. The number of nitrogens with two attached hydrogens (primary N) is 1. The lowest BCUT2D eigenvalue weighted by molar-refractivity contribution is 0.322. The van der Waals surface area contributed by atoms with Crippen molar-refractivity contribution < 1.29 is 0 Å². The molecular weight excluding hydrogens is 284 g/mol. The van der Waals surface area contributed by atoms with Crippen LogP contribution in [-0.4, -0.2) is 41.0 Å². The molecule has 1 aromatic heterocycles. The summed E-state index contributed by atoms with van der Waals surface area (Å²) in [5, 5.41) is 3.32. The summed E-state index contributed by atoms with van der Waals surface area (Å²) in [6, 6.07) is 0.575. The van der Waals surface area contributed by atoms with E-state index in [1.54, 1.807) is 0 Å². The number of hydrazine groups is 1. The molecule has 2 rings (SSSR count). The lowest BCUT2D eigenvalue weighted by Gasteiger charge is -2.20. The van der Waals surface area contributed by atoms with Crippen LogP contribution in [0.2, 0.25) is 0 Å². The van der Waals surface area contributed by atoms with Crippen molar-refractivity contribution >= 4 is 27.6 Å². The molecule has 1 saturated heterocycles. The van der Waals surface area contributed by atoms with Crippen LogP contribution in [0, 0.1) is 0 Å². The Morgan fingerprint density at radius 2 is 2.29 bits per heavy atom. The molecule has 0 bridgehead atoms. The van der Waals surface area contributed by atoms with Gasteiger partial charge in [-0.2, -0.15) is 0 Å². The van der Waals surface area contributed by atoms with Crippen molar-refractivity contribution in [2.75, 3.05) is 30.9 Å². The summed E-state index contributed by atoms with van der Waals surface area (Å²) in [6.45, 7) is 2.06. The minimum absolute atomic E-state index is 0.575. The fraction of sp³-hybridized carbons (Fsp3) is 0.600. The van der Waals surface area contributed by atoms with Crippen molar-refractivity contribution in [3.05, 3.63) is 10.8 Å². The highest BCUT2D eigenvalue weighted by Crippen LogP contribution is 2.26. The maximum Gasteiger partial charge on any atom is 0.159 e. The van der Waals surface area contributed by atoms with Gasteiger partial charge in [0.1, 0.15) is 16.6 Å². The number of likely N-dealkylation sites (tertiary alicyclic amines) is 1. The molecule has 1 aromatic rings. The van der Waals surface area contributed by atoms with Gasteiger partial charge in [0.25, 0.3) is 0 Å². The summed E-state index contributed by atoms with van der Waals surface area (Å²) in [6.07, 6.45) is 3.98. The van der Waals surface area contributed by atoms with Gasteiger partial charge in [-0.05, 0) is 42.4 Å². The van der Waals surface area contributed by atoms with Crippen LogP contribution in [0.25, 0.3) is 0 Å². The van der Waals surface area contributed by atoms with Crippen LogP contribution in [0.15, 0.2) is 10.8 Å². The number of hydrogen-bond donors (Lipinski definition) is 3.